The molecule has 0 aliphatic carbocycles. The molecule has 3 aromatic carbocycles. The molecule has 28 heavy (non-hydrogen) atoms. The van der Waals surface area contributed by atoms with E-state index in [0.29, 0.717) is 12.1 Å². The summed E-state index contributed by atoms with van der Waals surface area (Å²) in [5, 5.41) is 3.07. The molecule has 0 spiro atoms. The Hall–Kier alpha value is -3.40. The maximum atomic E-state index is 13.4. The normalized spacial score (nSPS) is 13.9. The van der Waals surface area contributed by atoms with Crippen molar-refractivity contribution in [1.82, 2.24) is 4.90 Å². The first-order valence-corrected chi connectivity index (χ1v) is 9.37. The van der Waals surface area contributed by atoms with E-state index in [1.165, 1.54) is 0 Å². The quantitative estimate of drug-likeness (QED) is 0.727. The predicted octanol–water partition coefficient (Wildman–Crippen LogP) is 4.64. The summed E-state index contributed by atoms with van der Waals surface area (Å²) in [6, 6.07) is 22.2. The van der Waals surface area contributed by atoms with Crippen LogP contribution in [-0.2, 0) is 11.3 Å². The molecule has 2 amide bonds. The van der Waals surface area contributed by atoms with Crippen molar-refractivity contribution in [1.29, 1.82) is 0 Å². The summed E-state index contributed by atoms with van der Waals surface area (Å²) in [5.41, 5.74) is 5.22. The highest BCUT2D eigenvalue weighted by molar-refractivity contribution is 6.04. The number of benzene rings is 3. The minimum atomic E-state index is -0.694. The van der Waals surface area contributed by atoms with E-state index in [1.807, 2.05) is 86.6 Å². The predicted molar refractivity (Wildman–Crippen MR) is 110 cm³/mol. The van der Waals surface area contributed by atoms with Gasteiger partial charge in [-0.05, 0) is 42.2 Å². The van der Waals surface area contributed by atoms with Crippen molar-refractivity contribution in [3.63, 3.8) is 0 Å². The zero-order chi connectivity index (χ0) is 19.7. The second-order valence-corrected chi connectivity index (χ2v) is 7.16. The molecule has 1 unspecified atom stereocenters. The zero-order valence-electron chi connectivity index (χ0n) is 16.0. The van der Waals surface area contributed by atoms with E-state index in [9.17, 15) is 9.59 Å². The van der Waals surface area contributed by atoms with Gasteiger partial charge in [0.25, 0.3) is 11.8 Å². The summed E-state index contributed by atoms with van der Waals surface area (Å²) in [4.78, 5) is 28.1. The topological polar surface area (TPSA) is 49.4 Å². The van der Waals surface area contributed by atoms with Crippen LogP contribution in [0.3, 0.4) is 0 Å². The molecule has 140 valence electrons. The third kappa shape index (κ3) is 3.18. The van der Waals surface area contributed by atoms with Crippen LogP contribution in [0, 0.1) is 13.8 Å². The first-order valence-electron chi connectivity index (χ1n) is 9.37. The fourth-order valence-corrected chi connectivity index (χ4v) is 3.80. The van der Waals surface area contributed by atoms with Crippen LogP contribution >= 0.6 is 0 Å². The van der Waals surface area contributed by atoms with Crippen LogP contribution in [0.2, 0.25) is 0 Å². The van der Waals surface area contributed by atoms with Gasteiger partial charge in [-0.25, -0.2) is 0 Å². The molecule has 4 rings (SSSR count). The van der Waals surface area contributed by atoms with E-state index >= 15 is 0 Å². The average molecular weight is 370 g/mol. The number of para-hydroxylation sites is 1. The molecular weight excluding hydrogens is 348 g/mol. The number of nitrogens with zero attached hydrogens (tertiary/aromatic N) is 1. The van der Waals surface area contributed by atoms with Crippen LogP contribution in [0.1, 0.15) is 38.7 Å². The fourth-order valence-electron chi connectivity index (χ4n) is 3.80. The van der Waals surface area contributed by atoms with Gasteiger partial charge in [0, 0.05) is 17.8 Å². The monoisotopic (exact) mass is 370 g/mol. The van der Waals surface area contributed by atoms with Gasteiger partial charge in [-0.3, -0.25) is 9.59 Å². The molecule has 1 atom stereocenters. The number of fused-ring (bicyclic) bond motifs is 1. The van der Waals surface area contributed by atoms with E-state index < -0.39 is 6.04 Å². The lowest BCUT2D eigenvalue weighted by Gasteiger charge is -2.28. The van der Waals surface area contributed by atoms with E-state index in [4.69, 9.17) is 0 Å². The van der Waals surface area contributed by atoms with Crippen LogP contribution in [-0.4, -0.2) is 16.7 Å². The van der Waals surface area contributed by atoms with Gasteiger partial charge < -0.3 is 10.2 Å². The Bertz CT molecular complexity index is 1020. The number of nitrogens with one attached hydrogen (secondary N) is 1. The molecule has 0 bridgehead atoms. The lowest BCUT2D eigenvalue weighted by Crippen LogP contribution is -2.37. The first-order chi connectivity index (χ1) is 13.6. The van der Waals surface area contributed by atoms with Crippen molar-refractivity contribution in [2.24, 2.45) is 0 Å². The molecule has 0 radical (unpaired) electrons. The van der Waals surface area contributed by atoms with Gasteiger partial charge >= 0.3 is 0 Å². The van der Waals surface area contributed by atoms with Crippen molar-refractivity contribution < 1.29 is 9.59 Å². The van der Waals surface area contributed by atoms with E-state index in [2.05, 4.69) is 5.32 Å². The Labute approximate surface area is 164 Å². The molecule has 0 saturated carbocycles. The second-order valence-electron chi connectivity index (χ2n) is 7.16. The molecule has 3 aromatic rings. The number of carbonyl (C=O) groups is 2. The van der Waals surface area contributed by atoms with Crippen molar-refractivity contribution in [3.8, 4) is 0 Å². The highest BCUT2D eigenvalue weighted by Crippen LogP contribution is 2.33. The molecule has 4 heteroatoms. The smallest absolute Gasteiger partial charge is 0.255 e. The molecular formula is C24H22N2O2. The molecule has 0 saturated heterocycles. The number of hydrogen-bond acceptors (Lipinski definition) is 2. The molecule has 1 N–H and O–H groups in total. The Morgan fingerprint density at radius 3 is 2.21 bits per heavy atom. The number of rotatable bonds is 4. The highest BCUT2D eigenvalue weighted by Gasteiger charge is 2.37. The lowest BCUT2D eigenvalue weighted by atomic mass is 10.0. The van der Waals surface area contributed by atoms with Gasteiger partial charge in [0.2, 0.25) is 0 Å². The van der Waals surface area contributed by atoms with Gasteiger partial charge in [0.15, 0.2) is 0 Å². The number of amides is 2. The Kier molecular flexibility index (Phi) is 4.70. The van der Waals surface area contributed by atoms with Crippen molar-refractivity contribution >= 4 is 17.5 Å². The molecule has 0 fully saturated rings. The van der Waals surface area contributed by atoms with Gasteiger partial charge in [-0.15, -0.1) is 0 Å². The number of hydrogen-bond donors (Lipinski definition) is 1. The van der Waals surface area contributed by atoms with Crippen LogP contribution in [0.15, 0.2) is 72.8 Å². The Morgan fingerprint density at radius 2 is 1.54 bits per heavy atom. The van der Waals surface area contributed by atoms with E-state index in [-0.39, 0.29) is 11.8 Å². The number of aryl methyl sites for hydroxylation is 2. The Balaban J connectivity index is 1.72. The third-order valence-corrected chi connectivity index (χ3v) is 5.25. The second kappa shape index (κ2) is 7.31. The highest BCUT2D eigenvalue weighted by atomic mass is 16.2. The van der Waals surface area contributed by atoms with Crippen LogP contribution < -0.4 is 5.32 Å². The summed E-state index contributed by atoms with van der Waals surface area (Å²) in [6.45, 7) is 4.36. The number of anilines is 1. The summed E-state index contributed by atoms with van der Waals surface area (Å²) < 4.78 is 0. The van der Waals surface area contributed by atoms with Crippen molar-refractivity contribution in [2.75, 3.05) is 5.32 Å². The first kappa shape index (κ1) is 18.0. The van der Waals surface area contributed by atoms with Gasteiger partial charge in [-0.2, -0.15) is 0 Å². The van der Waals surface area contributed by atoms with Crippen LogP contribution in [0.4, 0.5) is 5.69 Å². The Morgan fingerprint density at radius 1 is 0.893 bits per heavy atom. The standard InChI is InChI=1S/C24H22N2O2/c1-16-9-8-10-17(2)21(16)25-23(27)22(18-11-4-3-5-12-18)26-15-19-13-6-7-14-20(19)24(26)28/h3-14,22H,15H2,1-2H3,(H,25,27). The van der Waals surface area contributed by atoms with E-state index in [1.54, 1.807) is 4.90 Å². The van der Waals surface area contributed by atoms with Crippen molar-refractivity contribution in [3.05, 3.63) is 101 Å². The van der Waals surface area contributed by atoms with Crippen molar-refractivity contribution in [2.45, 2.75) is 26.4 Å². The fraction of sp³-hybridized carbons (Fsp3) is 0.167. The third-order valence-electron chi connectivity index (χ3n) is 5.25. The number of carbonyl (C=O) groups excluding carboxylic acids is 2. The van der Waals surface area contributed by atoms with E-state index in [0.717, 1.165) is 27.9 Å². The molecule has 4 nitrogen and oxygen atoms in total. The summed E-state index contributed by atoms with van der Waals surface area (Å²) in [5.74, 6) is -0.314. The average Bonchev–Trinajstić information content (AvgIpc) is 3.03. The van der Waals surface area contributed by atoms with Gasteiger partial charge in [-0.1, -0.05) is 66.7 Å². The molecule has 1 heterocycles. The molecule has 1 aliphatic heterocycles. The summed E-state index contributed by atoms with van der Waals surface area (Å²) in [6.07, 6.45) is 0. The minimum absolute atomic E-state index is 0.110. The van der Waals surface area contributed by atoms with Crippen LogP contribution in [0.25, 0.3) is 0 Å². The van der Waals surface area contributed by atoms with Crippen LogP contribution in [0.5, 0.6) is 0 Å². The molecule has 1 aliphatic rings. The zero-order valence-corrected chi connectivity index (χ0v) is 16.0. The van der Waals surface area contributed by atoms with Gasteiger partial charge in [0.1, 0.15) is 6.04 Å². The summed E-state index contributed by atoms with van der Waals surface area (Å²) in [7, 11) is 0. The lowest BCUT2D eigenvalue weighted by molar-refractivity contribution is -0.120. The summed E-state index contributed by atoms with van der Waals surface area (Å²) >= 11 is 0. The largest absolute Gasteiger partial charge is 0.323 e. The van der Waals surface area contributed by atoms with Gasteiger partial charge in [0.05, 0.1) is 0 Å². The molecule has 0 aromatic heterocycles. The SMILES string of the molecule is Cc1cccc(C)c1NC(=O)C(c1ccccc1)N1Cc2ccccc2C1=O. The maximum Gasteiger partial charge on any atom is 0.255 e. The minimum Gasteiger partial charge on any atom is -0.323 e. The maximum absolute atomic E-state index is 13.4.